The summed E-state index contributed by atoms with van der Waals surface area (Å²) < 4.78 is 33.3. The molecular weight excluding hydrogens is 374 g/mol. The number of ether oxygens (including phenoxy) is 1. The van der Waals surface area contributed by atoms with Gasteiger partial charge in [-0.3, -0.25) is 0 Å². The van der Waals surface area contributed by atoms with Crippen molar-refractivity contribution in [2.45, 2.75) is 26.7 Å². The summed E-state index contributed by atoms with van der Waals surface area (Å²) in [5.41, 5.74) is 4.43. The molecule has 0 spiro atoms. The lowest BCUT2D eigenvalue weighted by atomic mass is 10.0. The number of aliphatic hydroxyl groups is 1. The van der Waals surface area contributed by atoms with Crippen molar-refractivity contribution >= 4 is 17.7 Å². The number of anilines is 1. The van der Waals surface area contributed by atoms with Crippen LogP contribution in [0.25, 0.3) is 0 Å². The Hall–Kier alpha value is -3.25. The third kappa shape index (κ3) is 3.84. The Morgan fingerprint density at radius 1 is 1.07 bits per heavy atom. The molecule has 4 nitrogen and oxygen atoms in total. The molecule has 0 saturated carbocycles. The summed E-state index contributed by atoms with van der Waals surface area (Å²) in [7, 11) is 0. The minimum atomic E-state index is -0.631. The summed E-state index contributed by atoms with van der Waals surface area (Å²) in [5, 5.41) is 9.62. The van der Waals surface area contributed by atoms with E-state index in [-0.39, 0.29) is 18.8 Å². The highest BCUT2D eigenvalue weighted by Crippen LogP contribution is 2.33. The molecule has 148 valence electrons. The number of aliphatic hydroxyl groups excluding tert-OH is 1. The number of aryl methyl sites for hydroxylation is 1. The van der Waals surface area contributed by atoms with Crippen LogP contribution >= 0.6 is 0 Å². The third-order valence-electron chi connectivity index (χ3n) is 5.02. The van der Waals surface area contributed by atoms with Crippen LogP contribution in [-0.4, -0.2) is 11.4 Å². The number of fused-ring (bicyclic) bond motifs is 1. The van der Waals surface area contributed by atoms with Crippen molar-refractivity contribution in [1.82, 2.24) is 0 Å². The first-order valence-electron chi connectivity index (χ1n) is 9.25. The van der Waals surface area contributed by atoms with Crippen molar-refractivity contribution in [2.24, 2.45) is 4.99 Å². The smallest absolute Gasteiger partial charge is 0.132 e. The summed E-state index contributed by atoms with van der Waals surface area (Å²) in [5.74, 6) is -0.759. The van der Waals surface area contributed by atoms with E-state index in [0.717, 1.165) is 28.1 Å². The Bertz CT molecular complexity index is 1060. The van der Waals surface area contributed by atoms with Crippen LogP contribution in [0, 0.1) is 18.6 Å². The van der Waals surface area contributed by atoms with Gasteiger partial charge in [-0.15, -0.1) is 0 Å². The first kappa shape index (κ1) is 19.1. The molecule has 0 amide bonds. The van der Waals surface area contributed by atoms with Gasteiger partial charge in [-0.1, -0.05) is 24.3 Å². The first-order valence-corrected chi connectivity index (χ1v) is 9.25. The van der Waals surface area contributed by atoms with Crippen LogP contribution in [0.5, 0.6) is 5.75 Å². The lowest BCUT2D eigenvalue weighted by molar-refractivity contribution is 0.280. The molecule has 0 fully saturated rings. The van der Waals surface area contributed by atoms with E-state index < -0.39 is 11.6 Å². The predicted molar refractivity (Wildman–Crippen MR) is 109 cm³/mol. The second kappa shape index (κ2) is 8.01. The maximum atomic E-state index is 13.8. The zero-order valence-corrected chi connectivity index (χ0v) is 15.9. The second-order valence-electron chi connectivity index (χ2n) is 6.88. The minimum Gasteiger partial charge on any atom is -0.489 e. The molecule has 1 heterocycles. The van der Waals surface area contributed by atoms with Crippen molar-refractivity contribution < 1.29 is 18.6 Å². The fraction of sp³-hybridized carbons (Fsp3) is 0.174. The number of halogens is 2. The molecule has 0 aliphatic carbocycles. The second-order valence-corrected chi connectivity index (χ2v) is 6.88. The summed E-state index contributed by atoms with van der Waals surface area (Å²) in [6.07, 6.45) is 1.74. The Balaban J connectivity index is 1.58. The van der Waals surface area contributed by atoms with Crippen LogP contribution in [0.4, 0.5) is 20.2 Å². The van der Waals surface area contributed by atoms with Crippen molar-refractivity contribution in [3.8, 4) is 5.75 Å². The first-order chi connectivity index (χ1) is 14.1. The lowest BCUT2D eigenvalue weighted by Crippen LogP contribution is -2.25. The van der Waals surface area contributed by atoms with E-state index in [1.165, 1.54) is 18.2 Å². The highest BCUT2D eigenvalue weighted by molar-refractivity contribution is 5.86. The fourth-order valence-corrected chi connectivity index (χ4v) is 3.38. The molecule has 1 aliphatic rings. The fourth-order valence-electron chi connectivity index (χ4n) is 3.38. The summed E-state index contributed by atoms with van der Waals surface area (Å²) in [4.78, 5) is 6.46. The van der Waals surface area contributed by atoms with Gasteiger partial charge in [0, 0.05) is 17.3 Å². The van der Waals surface area contributed by atoms with Gasteiger partial charge in [-0.2, -0.15) is 0 Å². The van der Waals surface area contributed by atoms with Gasteiger partial charge >= 0.3 is 0 Å². The molecule has 0 radical (unpaired) electrons. The maximum Gasteiger partial charge on any atom is 0.132 e. The van der Waals surface area contributed by atoms with Gasteiger partial charge in [0.25, 0.3) is 0 Å². The number of hydrogen-bond donors (Lipinski definition) is 1. The molecule has 29 heavy (non-hydrogen) atoms. The number of rotatable bonds is 5. The van der Waals surface area contributed by atoms with Crippen LogP contribution in [-0.2, 0) is 19.8 Å². The Kier molecular flexibility index (Phi) is 5.27. The highest BCUT2D eigenvalue weighted by atomic mass is 19.1. The van der Waals surface area contributed by atoms with E-state index >= 15 is 0 Å². The quantitative estimate of drug-likeness (QED) is 0.661. The van der Waals surface area contributed by atoms with Gasteiger partial charge < -0.3 is 14.7 Å². The number of benzene rings is 3. The van der Waals surface area contributed by atoms with Gasteiger partial charge in [0.1, 0.15) is 24.0 Å². The average molecular weight is 394 g/mol. The Labute approximate surface area is 167 Å². The van der Waals surface area contributed by atoms with Crippen molar-refractivity contribution in [2.75, 3.05) is 4.90 Å². The third-order valence-corrected chi connectivity index (χ3v) is 5.02. The molecule has 6 heteroatoms. The van der Waals surface area contributed by atoms with Gasteiger partial charge in [-0.25, -0.2) is 13.8 Å². The largest absolute Gasteiger partial charge is 0.489 e. The molecule has 0 atom stereocenters. The monoisotopic (exact) mass is 394 g/mol. The molecule has 3 aromatic rings. The van der Waals surface area contributed by atoms with Gasteiger partial charge in [0.15, 0.2) is 0 Å². The summed E-state index contributed by atoms with van der Waals surface area (Å²) in [6.45, 7) is 2.27. The average Bonchev–Trinajstić information content (AvgIpc) is 2.73. The lowest BCUT2D eigenvalue weighted by Gasteiger charge is -2.27. The zero-order chi connectivity index (χ0) is 20.4. The molecule has 3 aromatic carbocycles. The van der Waals surface area contributed by atoms with Crippen molar-refractivity contribution in [3.05, 3.63) is 88.5 Å². The Morgan fingerprint density at radius 2 is 1.83 bits per heavy atom. The number of hydrogen-bond acceptors (Lipinski definition) is 4. The van der Waals surface area contributed by atoms with Crippen LogP contribution in [0.2, 0.25) is 0 Å². The molecule has 0 bridgehead atoms. The molecule has 1 N–H and O–H groups in total. The van der Waals surface area contributed by atoms with E-state index in [9.17, 15) is 13.9 Å². The van der Waals surface area contributed by atoms with E-state index in [4.69, 9.17) is 4.74 Å². The molecule has 0 unspecified atom stereocenters. The van der Waals surface area contributed by atoms with E-state index in [1.807, 2.05) is 42.2 Å². The van der Waals surface area contributed by atoms with Crippen molar-refractivity contribution in [1.29, 1.82) is 0 Å². The molecule has 4 rings (SSSR count). The molecule has 0 saturated heterocycles. The van der Waals surface area contributed by atoms with E-state index in [2.05, 4.69) is 4.99 Å². The summed E-state index contributed by atoms with van der Waals surface area (Å²) in [6, 6.07) is 14.9. The normalized spacial score (nSPS) is 12.8. The van der Waals surface area contributed by atoms with E-state index in [1.54, 1.807) is 12.4 Å². The zero-order valence-electron chi connectivity index (χ0n) is 15.9. The minimum absolute atomic E-state index is 0.0527. The summed E-state index contributed by atoms with van der Waals surface area (Å²) >= 11 is 0. The van der Waals surface area contributed by atoms with Gasteiger partial charge in [0.05, 0.1) is 30.7 Å². The van der Waals surface area contributed by atoms with Crippen LogP contribution in [0.3, 0.4) is 0 Å². The maximum absolute atomic E-state index is 13.8. The van der Waals surface area contributed by atoms with Crippen LogP contribution in [0.1, 0.15) is 22.3 Å². The molecular formula is C23H20F2N2O2. The SMILES string of the molecule is Cc1ccc(OCc2c(F)cccc2F)cc1N1C=Nc2cccc(CO)c2C1. The highest BCUT2D eigenvalue weighted by Gasteiger charge is 2.18. The Morgan fingerprint density at radius 3 is 2.59 bits per heavy atom. The van der Waals surface area contributed by atoms with Crippen LogP contribution in [0.15, 0.2) is 59.6 Å². The molecule has 1 aliphatic heterocycles. The van der Waals surface area contributed by atoms with Crippen molar-refractivity contribution in [3.63, 3.8) is 0 Å². The van der Waals surface area contributed by atoms with Crippen LogP contribution < -0.4 is 9.64 Å². The standard InChI is InChI=1S/C23H20F2N2O2/c1-15-8-9-17(29-13-19-20(24)5-3-6-21(19)25)10-23(15)27-11-18-16(12-28)4-2-7-22(18)26-14-27/h2-10,14,28H,11-13H2,1H3. The number of nitrogens with zero attached hydrogens (tertiary/aromatic N) is 2. The van der Waals surface area contributed by atoms with E-state index in [0.29, 0.717) is 12.3 Å². The predicted octanol–water partition coefficient (Wildman–Crippen LogP) is 5.02. The number of aliphatic imine (C=N–C) groups is 1. The molecule has 0 aromatic heterocycles. The topological polar surface area (TPSA) is 45.1 Å². The van der Waals surface area contributed by atoms with Gasteiger partial charge in [-0.05, 0) is 42.3 Å². The van der Waals surface area contributed by atoms with Gasteiger partial charge in [0.2, 0.25) is 0 Å².